The van der Waals surface area contributed by atoms with Crippen LogP contribution in [0, 0.1) is 0 Å². The van der Waals surface area contributed by atoms with Crippen molar-refractivity contribution in [3.05, 3.63) is 35.5 Å². The molecule has 0 aliphatic rings. The van der Waals surface area contributed by atoms with E-state index in [-0.39, 0.29) is 8.90 Å². The van der Waals surface area contributed by atoms with Crippen molar-refractivity contribution in [1.82, 2.24) is 9.88 Å². The molecule has 0 spiro atoms. The molecule has 0 radical (unpaired) electrons. The molecular formula is C18H32ClN3O8P2. The minimum absolute atomic E-state index is 0. The molecule has 0 aliphatic carbocycles. The number of anilines is 1. The van der Waals surface area contributed by atoms with Gasteiger partial charge in [0, 0.05) is 47.4 Å². The number of aromatic nitrogens is 1. The largest absolute Gasteiger partial charge is 0.565 e. The van der Waals surface area contributed by atoms with E-state index in [0.717, 1.165) is 23.0 Å². The molecule has 32 heavy (non-hydrogen) atoms. The van der Waals surface area contributed by atoms with Gasteiger partial charge in [0.05, 0.1) is 5.52 Å². The molecule has 0 saturated heterocycles. The molecule has 3 N–H and O–H groups in total. The molecule has 2 aromatic rings. The molecule has 1 aromatic heterocycles. The number of nitrogens with one attached hydrogen (secondary N) is 1. The highest BCUT2D eigenvalue weighted by Gasteiger charge is 2.07. The Bertz CT molecular complexity index is 1000. The minimum atomic E-state index is -3.04. The van der Waals surface area contributed by atoms with Gasteiger partial charge < -0.3 is 20.0 Å². The SMILES string of the molecule is O=[P+]([O-])OO.O=[P+]([O-])OO.[2H]C([2H])([2H])C([2H])([2H])N(CC)CCCC(C)Nc1ccnc2cc(Cl)ccc12.[HH].[HH]. The maximum atomic E-state index is 8.93. The van der Waals surface area contributed by atoms with Gasteiger partial charge in [-0.15, -0.1) is 0 Å². The third-order valence-corrected chi connectivity index (χ3v) is 4.35. The van der Waals surface area contributed by atoms with Gasteiger partial charge in [-0.3, -0.25) is 4.98 Å². The average molecular weight is 521 g/mol. The average Bonchev–Trinajstić information content (AvgIpc) is 2.81. The summed E-state index contributed by atoms with van der Waals surface area (Å²) in [5.41, 5.74) is 1.79. The molecule has 1 aromatic carbocycles. The topological polar surface area (TPSA) is 167 Å². The second-order valence-corrected chi connectivity index (χ2v) is 7.67. The van der Waals surface area contributed by atoms with Gasteiger partial charge in [-0.2, -0.15) is 0 Å². The molecule has 0 fully saturated rings. The van der Waals surface area contributed by atoms with Crippen molar-refractivity contribution >= 4 is 44.7 Å². The number of fused-ring (bicyclic) bond motifs is 1. The van der Waals surface area contributed by atoms with Crippen molar-refractivity contribution in [2.45, 2.75) is 39.6 Å². The fourth-order valence-corrected chi connectivity index (χ4v) is 2.63. The number of nitrogens with zero attached hydrogens (tertiary/aromatic N) is 2. The molecular weight excluding hydrogens is 484 g/mol. The van der Waals surface area contributed by atoms with Crippen molar-refractivity contribution in [2.75, 3.05) is 24.9 Å². The van der Waals surface area contributed by atoms with Crippen LogP contribution in [0.15, 0.2) is 30.5 Å². The van der Waals surface area contributed by atoms with E-state index in [2.05, 4.69) is 26.6 Å². The van der Waals surface area contributed by atoms with E-state index in [0.29, 0.717) is 24.5 Å². The van der Waals surface area contributed by atoms with Crippen LogP contribution in [0.3, 0.4) is 0 Å². The summed E-state index contributed by atoms with van der Waals surface area (Å²) >= 11 is 6.02. The lowest BCUT2D eigenvalue weighted by atomic mass is 10.1. The van der Waals surface area contributed by atoms with E-state index in [9.17, 15) is 0 Å². The summed E-state index contributed by atoms with van der Waals surface area (Å²) in [7, 11) is -6.09. The highest BCUT2D eigenvalue weighted by molar-refractivity contribution is 7.30. The van der Waals surface area contributed by atoms with Crippen molar-refractivity contribution in [1.29, 1.82) is 0 Å². The lowest BCUT2D eigenvalue weighted by Gasteiger charge is -2.20. The van der Waals surface area contributed by atoms with E-state index < -0.39 is 29.9 Å². The van der Waals surface area contributed by atoms with E-state index in [4.69, 9.17) is 47.9 Å². The zero-order valence-corrected chi connectivity index (χ0v) is 19.8. The van der Waals surface area contributed by atoms with Gasteiger partial charge in [0.1, 0.15) is 0 Å². The first-order valence-electron chi connectivity index (χ1n) is 11.6. The van der Waals surface area contributed by atoms with Gasteiger partial charge in [-0.05, 0) is 72.7 Å². The molecule has 14 heteroatoms. The Labute approximate surface area is 203 Å². The van der Waals surface area contributed by atoms with Gasteiger partial charge in [-0.25, -0.2) is 10.5 Å². The van der Waals surface area contributed by atoms with E-state index in [1.54, 1.807) is 13.1 Å². The van der Waals surface area contributed by atoms with Crippen molar-refractivity contribution in [3.8, 4) is 0 Å². The smallest absolute Gasteiger partial charge is 0.521 e. The van der Waals surface area contributed by atoms with E-state index in [1.807, 2.05) is 24.3 Å². The maximum absolute atomic E-state index is 8.93. The number of rotatable bonds is 10. The van der Waals surface area contributed by atoms with E-state index in [1.165, 1.54) is 4.90 Å². The number of halogens is 1. The lowest BCUT2D eigenvalue weighted by molar-refractivity contribution is -0.245. The second-order valence-electron chi connectivity index (χ2n) is 6.01. The van der Waals surface area contributed by atoms with Crippen LogP contribution in [0.4, 0.5) is 5.69 Å². The molecule has 184 valence electrons. The molecule has 3 atom stereocenters. The van der Waals surface area contributed by atoms with Crippen LogP contribution >= 0.6 is 28.1 Å². The predicted octanol–water partition coefficient (Wildman–Crippen LogP) is 4.29. The Hall–Kier alpha value is -1.36. The fraction of sp³-hybridized carbons (Fsp3) is 0.500. The third kappa shape index (κ3) is 13.9. The molecule has 2 rings (SSSR count). The summed E-state index contributed by atoms with van der Waals surface area (Å²) in [4.78, 5) is 23.6. The Morgan fingerprint density at radius 3 is 2.50 bits per heavy atom. The summed E-state index contributed by atoms with van der Waals surface area (Å²) in [6.45, 7) is -0.414. The Morgan fingerprint density at radius 2 is 1.97 bits per heavy atom. The molecule has 1 heterocycles. The van der Waals surface area contributed by atoms with Crippen LogP contribution in [-0.2, 0) is 18.5 Å². The summed E-state index contributed by atoms with van der Waals surface area (Å²) in [5.74, 6) is 0. The zero-order chi connectivity index (χ0) is 28.8. The van der Waals surface area contributed by atoms with Gasteiger partial charge in [0.2, 0.25) is 0 Å². The van der Waals surface area contributed by atoms with Crippen LogP contribution in [-0.4, -0.2) is 46.0 Å². The molecule has 3 unspecified atom stereocenters. The van der Waals surface area contributed by atoms with Gasteiger partial charge in [0.15, 0.2) is 0 Å². The summed E-state index contributed by atoms with van der Waals surface area (Å²) in [6, 6.07) is 7.64. The van der Waals surface area contributed by atoms with Gasteiger partial charge in [-0.1, -0.05) is 25.4 Å². The van der Waals surface area contributed by atoms with Crippen molar-refractivity contribution < 1.29 is 48.5 Å². The number of hydrogen-bond donors (Lipinski definition) is 3. The normalized spacial score (nSPS) is 15.4. The summed E-state index contributed by atoms with van der Waals surface area (Å²) in [6.07, 6.45) is 3.20. The molecule has 0 bridgehead atoms. The molecule has 11 nitrogen and oxygen atoms in total. The second kappa shape index (κ2) is 18.1. The van der Waals surface area contributed by atoms with Crippen LogP contribution in [0.5, 0.6) is 0 Å². The van der Waals surface area contributed by atoms with Crippen molar-refractivity contribution in [2.24, 2.45) is 0 Å². The quantitative estimate of drug-likeness (QED) is 0.232. The summed E-state index contributed by atoms with van der Waals surface area (Å²) in [5, 5.41) is 19.2. The first-order chi connectivity index (χ1) is 17.1. The third-order valence-electron chi connectivity index (χ3n) is 3.85. The van der Waals surface area contributed by atoms with E-state index >= 15 is 0 Å². The molecule has 0 saturated carbocycles. The molecule has 0 amide bonds. The first kappa shape index (κ1) is 22.4. The van der Waals surface area contributed by atoms with Gasteiger partial charge in [0.25, 0.3) is 0 Å². The zero-order valence-electron chi connectivity index (χ0n) is 22.3. The predicted molar refractivity (Wildman–Crippen MR) is 124 cm³/mol. The van der Waals surface area contributed by atoms with Crippen LogP contribution < -0.4 is 15.1 Å². The first-order valence-corrected chi connectivity index (χ1v) is 11.6. The van der Waals surface area contributed by atoms with Gasteiger partial charge >= 0.3 is 16.5 Å². The Balaban J connectivity index is -0.000000925. The van der Waals surface area contributed by atoms with Crippen molar-refractivity contribution in [3.63, 3.8) is 0 Å². The Morgan fingerprint density at radius 1 is 1.34 bits per heavy atom. The number of hydrogen-bond acceptors (Lipinski definition) is 11. The number of benzene rings is 1. The maximum Gasteiger partial charge on any atom is 0.521 e. The Kier molecular flexibility index (Phi) is 12.7. The molecule has 0 aliphatic heterocycles. The summed E-state index contributed by atoms with van der Waals surface area (Å²) < 4.78 is 61.3. The minimum Gasteiger partial charge on any atom is -0.565 e. The highest BCUT2D eigenvalue weighted by atomic mass is 35.5. The van der Waals surface area contributed by atoms with Crippen LogP contribution in [0.25, 0.3) is 10.9 Å². The standard InChI is InChI=1S/C18H26ClN3.2HO4P.2H2/c1-4-22(5-2)12-6-7-14(3)21-17-10-11-20-18-13-15(19)8-9-16(17)18;2*1-4-5(2)3;;/h8-11,13-14H,4-7,12H2,1-3H3,(H,20,21);2*1H;2*1H/i1D3,4D2;;;;. The van der Waals surface area contributed by atoms with Crippen LogP contribution in [0.2, 0.25) is 5.02 Å². The lowest BCUT2D eigenvalue weighted by Crippen LogP contribution is -2.25. The highest BCUT2D eigenvalue weighted by Crippen LogP contribution is 2.25. The monoisotopic (exact) mass is 520 g/mol. The number of pyridine rings is 1. The van der Waals surface area contributed by atoms with Crippen LogP contribution in [0.1, 0.15) is 43.2 Å². The fourth-order valence-electron chi connectivity index (χ4n) is 2.47.